The smallest absolute Gasteiger partial charge is 0.433 e. The van der Waals surface area contributed by atoms with Crippen LogP contribution in [0, 0.1) is 11.8 Å². The number of esters is 1. The number of halogens is 3. The SMILES string of the molecule is COC(=O)CC1CC2CC1CN2c1cc(C(F)(F)F)nc(N2CCC2C)n1. The van der Waals surface area contributed by atoms with Gasteiger partial charge in [0.1, 0.15) is 5.82 Å². The van der Waals surface area contributed by atoms with Crippen molar-refractivity contribution in [2.24, 2.45) is 11.8 Å². The lowest BCUT2D eigenvalue weighted by atomic mass is 9.91. The van der Waals surface area contributed by atoms with E-state index in [2.05, 4.69) is 9.97 Å². The molecule has 27 heavy (non-hydrogen) atoms. The average molecular weight is 384 g/mol. The summed E-state index contributed by atoms with van der Waals surface area (Å²) in [5.74, 6) is 0.791. The summed E-state index contributed by atoms with van der Waals surface area (Å²) in [6.07, 6.45) is -1.55. The van der Waals surface area contributed by atoms with Crippen molar-refractivity contribution in [2.45, 2.75) is 50.9 Å². The Morgan fingerprint density at radius 3 is 2.59 bits per heavy atom. The van der Waals surface area contributed by atoms with Gasteiger partial charge in [0.25, 0.3) is 0 Å². The Morgan fingerprint density at radius 2 is 2.07 bits per heavy atom. The molecule has 0 radical (unpaired) electrons. The number of nitrogens with zero attached hydrogens (tertiary/aromatic N) is 4. The molecule has 0 spiro atoms. The molecule has 2 aliphatic heterocycles. The van der Waals surface area contributed by atoms with Crippen LogP contribution in [-0.4, -0.2) is 48.2 Å². The van der Waals surface area contributed by atoms with Gasteiger partial charge in [0.15, 0.2) is 5.69 Å². The molecule has 1 aliphatic carbocycles. The predicted molar refractivity (Wildman–Crippen MR) is 92.4 cm³/mol. The quantitative estimate of drug-likeness (QED) is 0.744. The second kappa shape index (κ2) is 6.53. The second-order valence-corrected chi connectivity index (χ2v) is 7.82. The van der Waals surface area contributed by atoms with E-state index < -0.39 is 11.9 Å². The largest absolute Gasteiger partial charge is 0.469 e. The highest BCUT2D eigenvalue weighted by Gasteiger charge is 2.46. The molecule has 148 valence electrons. The minimum Gasteiger partial charge on any atom is -0.469 e. The van der Waals surface area contributed by atoms with Crippen LogP contribution >= 0.6 is 0 Å². The Kier molecular flexibility index (Phi) is 4.43. The highest BCUT2D eigenvalue weighted by Crippen LogP contribution is 2.46. The molecule has 3 heterocycles. The summed E-state index contributed by atoms with van der Waals surface area (Å²) in [4.78, 5) is 23.6. The molecule has 9 heteroatoms. The Labute approximate surface area is 155 Å². The molecule has 4 unspecified atom stereocenters. The maximum Gasteiger partial charge on any atom is 0.433 e. The van der Waals surface area contributed by atoms with Gasteiger partial charge < -0.3 is 14.5 Å². The van der Waals surface area contributed by atoms with Crippen molar-refractivity contribution in [3.05, 3.63) is 11.8 Å². The summed E-state index contributed by atoms with van der Waals surface area (Å²) in [6, 6.07) is 1.33. The molecule has 0 aromatic carbocycles. The van der Waals surface area contributed by atoms with Crippen LogP contribution in [0.4, 0.5) is 24.9 Å². The summed E-state index contributed by atoms with van der Waals surface area (Å²) >= 11 is 0. The molecular formula is C18H23F3N4O2. The Balaban J connectivity index is 1.58. The first-order valence-corrected chi connectivity index (χ1v) is 9.32. The lowest BCUT2D eigenvalue weighted by Crippen LogP contribution is -2.47. The normalized spacial score (nSPS) is 29.8. The monoisotopic (exact) mass is 384 g/mol. The zero-order chi connectivity index (χ0) is 19.3. The van der Waals surface area contributed by atoms with Crippen molar-refractivity contribution < 1.29 is 22.7 Å². The molecule has 1 aromatic heterocycles. The minimum absolute atomic E-state index is 0.113. The van der Waals surface area contributed by atoms with Gasteiger partial charge >= 0.3 is 12.1 Å². The number of anilines is 2. The molecule has 4 rings (SSSR count). The summed E-state index contributed by atoms with van der Waals surface area (Å²) in [5.41, 5.74) is -0.893. The summed E-state index contributed by atoms with van der Waals surface area (Å²) in [7, 11) is 1.37. The Bertz CT molecular complexity index is 742. The third-order valence-electron chi connectivity index (χ3n) is 6.21. The van der Waals surface area contributed by atoms with E-state index in [1.807, 2.05) is 16.7 Å². The third-order valence-corrected chi connectivity index (χ3v) is 6.21. The van der Waals surface area contributed by atoms with Gasteiger partial charge in [0.05, 0.1) is 7.11 Å². The number of carbonyl (C=O) groups is 1. The van der Waals surface area contributed by atoms with Crippen molar-refractivity contribution in [1.82, 2.24) is 9.97 Å². The number of piperidine rings is 1. The van der Waals surface area contributed by atoms with Gasteiger partial charge in [-0.15, -0.1) is 0 Å². The van der Waals surface area contributed by atoms with Crippen LogP contribution in [0.1, 0.15) is 38.3 Å². The van der Waals surface area contributed by atoms with E-state index in [1.165, 1.54) is 7.11 Å². The first-order valence-electron chi connectivity index (χ1n) is 9.32. The van der Waals surface area contributed by atoms with E-state index in [-0.39, 0.29) is 35.8 Å². The minimum atomic E-state index is -4.51. The number of methoxy groups -OCH3 is 1. The molecule has 2 saturated heterocycles. The second-order valence-electron chi connectivity index (χ2n) is 7.82. The van der Waals surface area contributed by atoms with Gasteiger partial charge in [0.2, 0.25) is 5.95 Å². The van der Waals surface area contributed by atoms with Gasteiger partial charge in [-0.3, -0.25) is 4.79 Å². The van der Waals surface area contributed by atoms with E-state index in [4.69, 9.17) is 4.74 Å². The zero-order valence-electron chi connectivity index (χ0n) is 15.4. The fourth-order valence-corrected chi connectivity index (χ4v) is 4.54. The first-order chi connectivity index (χ1) is 12.8. The van der Waals surface area contributed by atoms with Gasteiger partial charge in [-0.05, 0) is 38.0 Å². The standard InChI is InChI=1S/C18H23F3N4O2/c1-10-3-4-24(10)17-22-14(18(19,20)21)8-15(23-17)25-9-12-6-13(25)5-11(12)7-16(26)27-2/h8,10-13H,3-7,9H2,1-2H3. The maximum atomic E-state index is 13.4. The third kappa shape index (κ3) is 3.32. The van der Waals surface area contributed by atoms with Crippen molar-refractivity contribution >= 4 is 17.7 Å². The highest BCUT2D eigenvalue weighted by molar-refractivity contribution is 5.69. The summed E-state index contributed by atoms with van der Waals surface area (Å²) in [5, 5.41) is 0. The van der Waals surface area contributed by atoms with E-state index in [1.54, 1.807) is 0 Å². The van der Waals surface area contributed by atoms with Crippen LogP contribution in [0.2, 0.25) is 0 Å². The number of aromatic nitrogens is 2. The Morgan fingerprint density at radius 1 is 1.30 bits per heavy atom. The van der Waals surface area contributed by atoms with Gasteiger partial charge in [-0.25, -0.2) is 4.98 Å². The average Bonchev–Trinajstić information content (AvgIpc) is 3.19. The number of ether oxygens (including phenoxy) is 1. The van der Waals surface area contributed by atoms with Crippen LogP contribution in [0.15, 0.2) is 6.07 Å². The van der Waals surface area contributed by atoms with Crippen molar-refractivity contribution in [3.63, 3.8) is 0 Å². The van der Waals surface area contributed by atoms with Crippen LogP contribution in [-0.2, 0) is 15.7 Å². The van der Waals surface area contributed by atoms with E-state index in [9.17, 15) is 18.0 Å². The van der Waals surface area contributed by atoms with Crippen LogP contribution in [0.5, 0.6) is 0 Å². The van der Waals surface area contributed by atoms with Gasteiger partial charge in [0, 0.05) is 37.7 Å². The van der Waals surface area contributed by atoms with Crippen LogP contribution in [0.25, 0.3) is 0 Å². The number of rotatable bonds is 4. The molecule has 3 fully saturated rings. The fourth-order valence-electron chi connectivity index (χ4n) is 4.54. The summed E-state index contributed by atoms with van der Waals surface area (Å²) in [6.45, 7) is 3.26. The van der Waals surface area contributed by atoms with Crippen molar-refractivity contribution in [3.8, 4) is 0 Å². The lowest BCUT2D eigenvalue weighted by Gasteiger charge is -2.39. The molecule has 4 atom stereocenters. The Hall–Kier alpha value is -2.06. The highest BCUT2D eigenvalue weighted by atomic mass is 19.4. The molecule has 1 aromatic rings. The van der Waals surface area contributed by atoms with Crippen molar-refractivity contribution in [2.75, 3.05) is 30.0 Å². The van der Waals surface area contributed by atoms with Crippen LogP contribution in [0.3, 0.4) is 0 Å². The van der Waals surface area contributed by atoms with Gasteiger partial charge in [-0.2, -0.15) is 18.2 Å². The fraction of sp³-hybridized carbons (Fsp3) is 0.722. The molecule has 1 saturated carbocycles. The lowest BCUT2D eigenvalue weighted by molar-refractivity contribution is -0.142. The number of carbonyl (C=O) groups excluding carboxylic acids is 1. The number of fused-ring (bicyclic) bond motifs is 2. The van der Waals surface area contributed by atoms with E-state index in [0.717, 1.165) is 25.3 Å². The van der Waals surface area contributed by atoms with E-state index in [0.29, 0.717) is 25.3 Å². The molecule has 2 bridgehead atoms. The topological polar surface area (TPSA) is 58.6 Å². The number of alkyl halides is 3. The van der Waals surface area contributed by atoms with Crippen LogP contribution < -0.4 is 9.80 Å². The van der Waals surface area contributed by atoms with Gasteiger partial charge in [-0.1, -0.05) is 0 Å². The maximum absolute atomic E-state index is 13.4. The van der Waals surface area contributed by atoms with Crippen molar-refractivity contribution in [1.29, 1.82) is 0 Å². The summed E-state index contributed by atoms with van der Waals surface area (Å²) < 4.78 is 44.9. The molecule has 0 amide bonds. The molecule has 0 N–H and O–H groups in total. The molecule has 6 nitrogen and oxygen atoms in total. The number of hydrogen-bond donors (Lipinski definition) is 0. The van der Waals surface area contributed by atoms with E-state index >= 15 is 0 Å². The number of hydrogen-bond acceptors (Lipinski definition) is 6. The zero-order valence-corrected chi connectivity index (χ0v) is 15.4. The predicted octanol–water partition coefficient (Wildman–Crippen LogP) is 2.87. The molecule has 3 aliphatic rings. The molecular weight excluding hydrogens is 361 g/mol. The first kappa shape index (κ1) is 18.3.